The van der Waals surface area contributed by atoms with E-state index in [4.69, 9.17) is 10.00 Å². The van der Waals surface area contributed by atoms with Gasteiger partial charge in [-0.2, -0.15) is 5.26 Å². The van der Waals surface area contributed by atoms with Gasteiger partial charge in [0.1, 0.15) is 5.60 Å². The van der Waals surface area contributed by atoms with Crippen LogP contribution in [0.5, 0.6) is 0 Å². The molecule has 1 fully saturated rings. The molecule has 0 aromatic carbocycles. The Balaban J connectivity index is 2.78. The predicted molar refractivity (Wildman–Crippen MR) is 65.7 cm³/mol. The molecular weight excluding hydrogens is 232 g/mol. The maximum atomic E-state index is 12.0. The van der Waals surface area contributed by atoms with Crippen LogP contribution in [-0.4, -0.2) is 35.0 Å². The zero-order chi connectivity index (χ0) is 13.9. The Kier molecular flexibility index (Phi) is 4.33. The zero-order valence-corrected chi connectivity index (χ0v) is 11.4. The lowest BCUT2D eigenvalue weighted by molar-refractivity contribution is -0.123. The van der Waals surface area contributed by atoms with E-state index in [1.54, 1.807) is 20.8 Å². The molecule has 1 rings (SSSR count). The van der Waals surface area contributed by atoms with Gasteiger partial charge in [-0.25, -0.2) is 4.79 Å². The summed E-state index contributed by atoms with van der Waals surface area (Å²) in [6.07, 6.45) is 0.137. The van der Waals surface area contributed by atoms with Gasteiger partial charge in [-0.15, -0.1) is 0 Å². The monoisotopic (exact) mass is 252 g/mol. The summed E-state index contributed by atoms with van der Waals surface area (Å²) in [5, 5.41) is 8.59. The summed E-state index contributed by atoms with van der Waals surface area (Å²) < 4.78 is 5.28. The topological polar surface area (TPSA) is 70.4 Å². The van der Waals surface area contributed by atoms with Crippen LogP contribution in [0, 0.1) is 17.2 Å². The van der Waals surface area contributed by atoms with Crippen molar-refractivity contribution in [1.29, 1.82) is 5.26 Å². The van der Waals surface area contributed by atoms with E-state index in [1.165, 1.54) is 4.90 Å². The number of ketones is 1. The maximum Gasteiger partial charge on any atom is 0.410 e. The molecule has 0 radical (unpaired) electrons. The van der Waals surface area contributed by atoms with Crippen molar-refractivity contribution in [2.75, 3.05) is 6.54 Å². The molecule has 1 aliphatic rings. The van der Waals surface area contributed by atoms with Gasteiger partial charge in [-0.1, -0.05) is 6.92 Å². The first-order chi connectivity index (χ1) is 8.26. The maximum absolute atomic E-state index is 12.0. The normalized spacial score (nSPS) is 23.6. The molecule has 0 aliphatic carbocycles. The Morgan fingerprint density at radius 3 is 2.56 bits per heavy atom. The Morgan fingerprint density at radius 1 is 1.44 bits per heavy atom. The van der Waals surface area contributed by atoms with Crippen LogP contribution in [0.1, 0.15) is 40.5 Å². The van der Waals surface area contributed by atoms with Gasteiger partial charge in [0.2, 0.25) is 0 Å². The van der Waals surface area contributed by atoms with Gasteiger partial charge in [-0.05, 0) is 33.1 Å². The molecule has 0 N–H and O–H groups in total. The van der Waals surface area contributed by atoms with Gasteiger partial charge in [0.15, 0.2) is 5.78 Å². The van der Waals surface area contributed by atoms with Gasteiger partial charge >= 0.3 is 6.09 Å². The summed E-state index contributed by atoms with van der Waals surface area (Å²) in [4.78, 5) is 25.3. The molecule has 1 heterocycles. The number of ether oxygens (including phenoxy) is 1. The van der Waals surface area contributed by atoms with Gasteiger partial charge in [0.05, 0.1) is 18.5 Å². The Hall–Kier alpha value is -1.57. The zero-order valence-electron chi connectivity index (χ0n) is 11.4. The smallest absolute Gasteiger partial charge is 0.410 e. The molecule has 1 aliphatic heterocycles. The van der Waals surface area contributed by atoms with Crippen LogP contribution in [0.4, 0.5) is 4.79 Å². The second kappa shape index (κ2) is 5.38. The molecule has 2 unspecified atom stereocenters. The molecule has 5 heteroatoms. The summed E-state index contributed by atoms with van der Waals surface area (Å²) in [6.45, 7) is 7.80. The van der Waals surface area contributed by atoms with Crippen LogP contribution in [0.25, 0.3) is 0 Å². The largest absolute Gasteiger partial charge is 0.444 e. The van der Waals surface area contributed by atoms with Crippen molar-refractivity contribution < 1.29 is 14.3 Å². The fourth-order valence-corrected chi connectivity index (χ4v) is 2.15. The molecule has 0 aromatic heterocycles. The van der Waals surface area contributed by atoms with Gasteiger partial charge < -0.3 is 4.74 Å². The molecule has 0 saturated carbocycles. The number of Topliss-reactive ketones (excluding diaryl/α,β-unsaturated/α-hetero) is 1. The van der Waals surface area contributed by atoms with Crippen LogP contribution in [0.3, 0.4) is 0 Å². The van der Waals surface area contributed by atoms with Crippen molar-refractivity contribution in [2.24, 2.45) is 5.92 Å². The molecule has 100 valence electrons. The number of rotatable bonds is 2. The highest BCUT2D eigenvalue weighted by Gasteiger charge is 2.40. The number of nitrogens with zero attached hydrogens (tertiary/aromatic N) is 2. The number of amides is 1. The minimum Gasteiger partial charge on any atom is -0.444 e. The Labute approximate surface area is 108 Å². The van der Waals surface area contributed by atoms with E-state index < -0.39 is 17.7 Å². The third-order valence-corrected chi connectivity index (χ3v) is 2.91. The molecule has 0 bridgehead atoms. The number of hydrogen-bond donors (Lipinski definition) is 0. The summed E-state index contributed by atoms with van der Waals surface area (Å²) in [7, 11) is 0. The molecule has 1 saturated heterocycles. The fraction of sp³-hybridized carbons (Fsp3) is 0.769. The van der Waals surface area contributed by atoms with Gasteiger partial charge in [0, 0.05) is 6.54 Å². The van der Waals surface area contributed by atoms with Crippen LogP contribution in [-0.2, 0) is 9.53 Å². The summed E-state index contributed by atoms with van der Waals surface area (Å²) >= 11 is 0. The molecular formula is C13H20N2O3. The standard InChI is InChI=1S/C13H20N2O3/c1-9-6-8-15(11(9)10(16)5-7-14)12(17)18-13(2,3)4/h9,11H,5-6,8H2,1-4H3. The number of hydrogen-bond acceptors (Lipinski definition) is 4. The van der Waals surface area contributed by atoms with E-state index in [0.717, 1.165) is 6.42 Å². The number of likely N-dealkylation sites (tertiary alicyclic amines) is 1. The van der Waals surface area contributed by atoms with Gasteiger partial charge in [0.25, 0.3) is 0 Å². The van der Waals surface area contributed by atoms with Crippen molar-refractivity contribution in [1.82, 2.24) is 4.90 Å². The quantitative estimate of drug-likeness (QED) is 0.754. The van der Waals surface area contributed by atoms with E-state index in [1.807, 2.05) is 13.0 Å². The Morgan fingerprint density at radius 2 is 2.06 bits per heavy atom. The molecule has 18 heavy (non-hydrogen) atoms. The summed E-state index contributed by atoms with van der Waals surface area (Å²) in [5.74, 6) is -0.119. The van der Waals surface area contributed by atoms with E-state index in [2.05, 4.69) is 0 Å². The van der Waals surface area contributed by atoms with E-state index in [9.17, 15) is 9.59 Å². The second-order valence-electron chi connectivity index (χ2n) is 5.69. The predicted octanol–water partition coefficient (Wildman–Crippen LogP) is 2.11. The molecule has 1 amide bonds. The highest BCUT2D eigenvalue weighted by molar-refractivity contribution is 5.89. The van der Waals surface area contributed by atoms with Crippen LogP contribution in [0.15, 0.2) is 0 Å². The molecule has 2 atom stereocenters. The second-order valence-corrected chi connectivity index (χ2v) is 5.69. The minimum atomic E-state index is -0.578. The van der Waals surface area contributed by atoms with Crippen LogP contribution < -0.4 is 0 Å². The average molecular weight is 252 g/mol. The number of nitriles is 1. The first-order valence-electron chi connectivity index (χ1n) is 6.15. The van der Waals surface area contributed by atoms with Crippen molar-refractivity contribution in [3.63, 3.8) is 0 Å². The number of carbonyl (C=O) groups is 2. The van der Waals surface area contributed by atoms with Gasteiger partial charge in [-0.3, -0.25) is 9.69 Å². The van der Waals surface area contributed by atoms with Crippen molar-refractivity contribution >= 4 is 11.9 Å². The van der Waals surface area contributed by atoms with Crippen LogP contribution in [0.2, 0.25) is 0 Å². The minimum absolute atomic E-state index is 0.0818. The highest BCUT2D eigenvalue weighted by Crippen LogP contribution is 2.27. The van der Waals surface area contributed by atoms with Crippen LogP contribution >= 0.6 is 0 Å². The third-order valence-electron chi connectivity index (χ3n) is 2.91. The SMILES string of the molecule is CC1CCN(C(=O)OC(C)(C)C)C1C(=O)CC#N. The Bertz CT molecular complexity index is 379. The van der Waals surface area contributed by atoms with E-state index in [0.29, 0.717) is 6.54 Å². The number of carbonyl (C=O) groups excluding carboxylic acids is 2. The molecule has 0 spiro atoms. The summed E-state index contributed by atoms with van der Waals surface area (Å²) in [5.41, 5.74) is -0.578. The summed E-state index contributed by atoms with van der Waals surface area (Å²) in [6, 6.07) is 1.33. The lowest BCUT2D eigenvalue weighted by atomic mass is 9.97. The van der Waals surface area contributed by atoms with E-state index in [-0.39, 0.29) is 18.1 Å². The first-order valence-corrected chi connectivity index (χ1v) is 6.15. The first kappa shape index (κ1) is 14.5. The molecule has 0 aromatic rings. The average Bonchev–Trinajstić information content (AvgIpc) is 2.58. The van der Waals surface area contributed by atoms with Crippen molar-refractivity contribution in [3.05, 3.63) is 0 Å². The lowest BCUT2D eigenvalue weighted by Gasteiger charge is -2.28. The van der Waals surface area contributed by atoms with Crippen molar-refractivity contribution in [2.45, 2.75) is 52.2 Å². The third kappa shape index (κ3) is 3.46. The van der Waals surface area contributed by atoms with E-state index >= 15 is 0 Å². The highest BCUT2D eigenvalue weighted by atomic mass is 16.6. The lowest BCUT2D eigenvalue weighted by Crippen LogP contribution is -2.45. The van der Waals surface area contributed by atoms with Crippen molar-refractivity contribution in [3.8, 4) is 6.07 Å². The fourth-order valence-electron chi connectivity index (χ4n) is 2.15. The molecule has 5 nitrogen and oxygen atoms in total.